The van der Waals surface area contributed by atoms with Crippen LogP contribution < -0.4 is 5.32 Å². The number of aryl methyl sites for hydroxylation is 2. The van der Waals surface area contributed by atoms with Crippen molar-refractivity contribution in [3.63, 3.8) is 0 Å². The first-order valence-electron chi connectivity index (χ1n) is 6.08. The van der Waals surface area contributed by atoms with E-state index in [4.69, 9.17) is 0 Å². The van der Waals surface area contributed by atoms with Gasteiger partial charge in [0.05, 0.1) is 0 Å². The zero-order valence-corrected chi connectivity index (χ0v) is 11.2. The average molecular weight is 235 g/mol. The van der Waals surface area contributed by atoms with Gasteiger partial charge in [0.25, 0.3) is 0 Å². The molecule has 0 radical (unpaired) electrons. The third-order valence-corrected chi connectivity index (χ3v) is 4.61. The Bertz CT molecular complexity index is 358. The quantitative estimate of drug-likeness (QED) is 0.785. The minimum atomic E-state index is 0.700. The molecule has 0 bridgehead atoms. The van der Waals surface area contributed by atoms with Gasteiger partial charge in [0, 0.05) is 16.7 Å². The summed E-state index contributed by atoms with van der Waals surface area (Å²) in [5.41, 5.74) is 2.77. The monoisotopic (exact) mass is 235 g/mol. The van der Waals surface area contributed by atoms with Crippen LogP contribution in [0.1, 0.15) is 24.0 Å². The molecule has 1 aliphatic rings. The Balaban J connectivity index is 1.92. The van der Waals surface area contributed by atoms with Crippen LogP contribution in [-0.4, -0.2) is 18.8 Å². The summed E-state index contributed by atoms with van der Waals surface area (Å²) in [6.07, 6.45) is 2.83. The van der Waals surface area contributed by atoms with Crippen LogP contribution >= 0.6 is 11.8 Å². The number of nitrogens with one attached hydrogen (secondary N) is 1. The third-order valence-electron chi connectivity index (χ3n) is 3.31. The third kappa shape index (κ3) is 3.02. The summed E-state index contributed by atoms with van der Waals surface area (Å²) in [5, 5.41) is 3.44. The zero-order chi connectivity index (χ0) is 11.5. The van der Waals surface area contributed by atoms with Crippen molar-refractivity contribution in [1.29, 1.82) is 0 Å². The molecule has 0 amide bonds. The van der Waals surface area contributed by atoms with Gasteiger partial charge in [0.2, 0.25) is 0 Å². The van der Waals surface area contributed by atoms with Crippen molar-refractivity contribution in [2.24, 2.45) is 5.92 Å². The molecular formula is C14H21NS. The molecule has 0 saturated heterocycles. The van der Waals surface area contributed by atoms with Gasteiger partial charge in [-0.2, -0.15) is 0 Å². The SMILES string of the molecule is CNC(CSc1ccc(C)cc1C)C1CC1. The Kier molecular flexibility index (Phi) is 3.93. The topological polar surface area (TPSA) is 12.0 Å². The van der Waals surface area contributed by atoms with Crippen LogP contribution in [-0.2, 0) is 0 Å². The van der Waals surface area contributed by atoms with Gasteiger partial charge >= 0.3 is 0 Å². The fourth-order valence-electron chi connectivity index (χ4n) is 2.09. The highest BCUT2D eigenvalue weighted by Crippen LogP contribution is 2.35. The van der Waals surface area contributed by atoms with Crippen molar-refractivity contribution in [3.05, 3.63) is 29.3 Å². The minimum absolute atomic E-state index is 0.700. The molecule has 0 heterocycles. The maximum atomic E-state index is 3.44. The molecule has 1 N–H and O–H groups in total. The number of thioether (sulfide) groups is 1. The second-order valence-corrected chi connectivity index (χ2v) is 5.87. The Morgan fingerprint density at radius 1 is 1.38 bits per heavy atom. The van der Waals surface area contributed by atoms with Gasteiger partial charge in [-0.15, -0.1) is 11.8 Å². The molecule has 88 valence electrons. The minimum Gasteiger partial charge on any atom is -0.316 e. The lowest BCUT2D eigenvalue weighted by Gasteiger charge is -2.15. The van der Waals surface area contributed by atoms with E-state index in [1.807, 2.05) is 11.8 Å². The van der Waals surface area contributed by atoms with Crippen LogP contribution in [0.2, 0.25) is 0 Å². The normalized spacial score (nSPS) is 17.4. The van der Waals surface area contributed by atoms with Crippen molar-refractivity contribution in [2.45, 2.75) is 37.6 Å². The second-order valence-electron chi connectivity index (χ2n) is 4.81. The Labute approximate surface area is 103 Å². The molecule has 0 aliphatic heterocycles. The highest BCUT2D eigenvalue weighted by molar-refractivity contribution is 7.99. The molecule has 1 saturated carbocycles. The fraction of sp³-hybridized carbons (Fsp3) is 0.571. The van der Waals surface area contributed by atoms with E-state index < -0.39 is 0 Å². The van der Waals surface area contributed by atoms with Crippen LogP contribution in [0, 0.1) is 19.8 Å². The van der Waals surface area contributed by atoms with Crippen molar-refractivity contribution in [3.8, 4) is 0 Å². The molecular weight excluding hydrogens is 214 g/mol. The van der Waals surface area contributed by atoms with Crippen LogP contribution in [0.3, 0.4) is 0 Å². The highest BCUT2D eigenvalue weighted by atomic mass is 32.2. The van der Waals surface area contributed by atoms with Gasteiger partial charge < -0.3 is 5.32 Å². The van der Waals surface area contributed by atoms with Crippen LogP contribution in [0.4, 0.5) is 0 Å². The number of hydrogen-bond acceptors (Lipinski definition) is 2. The van der Waals surface area contributed by atoms with Crippen LogP contribution in [0.25, 0.3) is 0 Å². The van der Waals surface area contributed by atoms with Crippen LogP contribution in [0.15, 0.2) is 23.1 Å². The maximum absolute atomic E-state index is 3.44. The smallest absolute Gasteiger partial charge is 0.0186 e. The van der Waals surface area contributed by atoms with Gasteiger partial charge in [0.1, 0.15) is 0 Å². The first-order chi connectivity index (χ1) is 7.70. The number of benzene rings is 1. The zero-order valence-electron chi connectivity index (χ0n) is 10.4. The van der Waals surface area contributed by atoms with Crippen molar-refractivity contribution < 1.29 is 0 Å². The molecule has 1 atom stereocenters. The molecule has 1 unspecified atom stereocenters. The fourth-order valence-corrected chi connectivity index (χ4v) is 3.34. The molecule has 2 rings (SSSR count). The molecule has 2 heteroatoms. The number of rotatable bonds is 5. The van der Waals surface area contributed by atoms with E-state index in [0.717, 1.165) is 5.92 Å². The molecule has 1 fully saturated rings. The van der Waals surface area contributed by atoms with Gasteiger partial charge in [-0.05, 0) is 51.3 Å². The lowest BCUT2D eigenvalue weighted by atomic mass is 10.2. The molecule has 16 heavy (non-hydrogen) atoms. The van der Waals surface area contributed by atoms with E-state index in [0.29, 0.717) is 6.04 Å². The van der Waals surface area contributed by atoms with Gasteiger partial charge in [0.15, 0.2) is 0 Å². The molecule has 0 spiro atoms. The summed E-state index contributed by atoms with van der Waals surface area (Å²) in [4.78, 5) is 1.44. The van der Waals surface area contributed by atoms with E-state index >= 15 is 0 Å². The molecule has 1 aliphatic carbocycles. The predicted molar refractivity (Wildman–Crippen MR) is 72.2 cm³/mol. The van der Waals surface area contributed by atoms with E-state index in [-0.39, 0.29) is 0 Å². The Hall–Kier alpha value is -0.470. The summed E-state index contributed by atoms with van der Waals surface area (Å²) >= 11 is 1.99. The highest BCUT2D eigenvalue weighted by Gasteiger charge is 2.29. The molecule has 1 aromatic rings. The van der Waals surface area contributed by atoms with Crippen molar-refractivity contribution in [2.75, 3.05) is 12.8 Å². The lowest BCUT2D eigenvalue weighted by molar-refractivity contribution is 0.554. The molecule has 1 nitrogen and oxygen atoms in total. The Morgan fingerprint density at radius 2 is 2.12 bits per heavy atom. The predicted octanol–water partition coefficient (Wildman–Crippen LogP) is 3.39. The van der Waals surface area contributed by atoms with E-state index in [9.17, 15) is 0 Å². The summed E-state index contributed by atoms with van der Waals surface area (Å²) in [6, 6.07) is 7.44. The maximum Gasteiger partial charge on any atom is 0.0186 e. The molecule has 1 aromatic carbocycles. The van der Waals surface area contributed by atoms with E-state index in [1.165, 1.54) is 34.6 Å². The van der Waals surface area contributed by atoms with Gasteiger partial charge in [-0.3, -0.25) is 0 Å². The summed E-state index contributed by atoms with van der Waals surface area (Å²) in [5.74, 6) is 2.13. The first-order valence-corrected chi connectivity index (χ1v) is 7.06. The van der Waals surface area contributed by atoms with Crippen molar-refractivity contribution in [1.82, 2.24) is 5.32 Å². The standard InChI is InChI=1S/C14H21NS/c1-10-4-7-14(11(2)8-10)16-9-13(15-3)12-5-6-12/h4,7-8,12-13,15H,5-6,9H2,1-3H3. The first kappa shape index (κ1) is 12.0. The summed E-state index contributed by atoms with van der Waals surface area (Å²) in [6.45, 7) is 4.36. The summed E-state index contributed by atoms with van der Waals surface area (Å²) in [7, 11) is 2.09. The van der Waals surface area contributed by atoms with E-state index in [1.54, 1.807) is 0 Å². The lowest BCUT2D eigenvalue weighted by Crippen LogP contribution is -2.29. The number of hydrogen-bond donors (Lipinski definition) is 1. The van der Waals surface area contributed by atoms with Crippen molar-refractivity contribution >= 4 is 11.8 Å². The summed E-state index contributed by atoms with van der Waals surface area (Å²) < 4.78 is 0. The average Bonchev–Trinajstić information content (AvgIpc) is 3.06. The van der Waals surface area contributed by atoms with E-state index in [2.05, 4.69) is 44.4 Å². The van der Waals surface area contributed by atoms with Gasteiger partial charge in [-0.25, -0.2) is 0 Å². The van der Waals surface area contributed by atoms with Crippen LogP contribution in [0.5, 0.6) is 0 Å². The second kappa shape index (κ2) is 5.24. The Morgan fingerprint density at radius 3 is 2.69 bits per heavy atom. The largest absolute Gasteiger partial charge is 0.316 e. The molecule has 0 aromatic heterocycles. The van der Waals surface area contributed by atoms with Gasteiger partial charge in [-0.1, -0.05) is 17.7 Å².